The van der Waals surface area contributed by atoms with Gasteiger partial charge in [-0.2, -0.15) is 0 Å². The molecular formula is C18H28N6O. The molecule has 7 nitrogen and oxygen atoms in total. The molecule has 1 atom stereocenters. The van der Waals surface area contributed by atoms with Gasteiger partial charge in [0.15, 0.2) is 0 Å². The third-order valence-corrected chi connectivity index (χ3v) is 5.94. The monoisotopic (exact) mass is 344 g/mol. The van der Waals surface area contributed by atoms with Crippen LogP contribution in [-0.2, 0) is 4.79 Å². The molecule has 0 N–H and O–H groups in total. The van der Waals surface area contributed by atoms with E-state index in [1.807, 2.05) is 30.4 Å². The van der Waals surface area contributed by atoms with Crippen molar-refractivity contribution in [3.05, 3.63) is 18.5 Å². The molecule has 4 rings (SSSR count). The van der Waals surface area contributed by atoms with E-state index < -0.39 is 0 Å². The van der Waals surface area contributed by atoms with Gasteiger partial charge in [0.05, 0.1) is 0 Å². The molecule has 0 saturated carbocycles. The van der Waals surface area contributed by atoms with Gasteiger partial charge in [-0.05, 0) is 18.9 Å². The second-order valence-electron chi connectivity index (χ2n) is 7.49. The van der Waals surface area contributed by atoms with Gasteiger partial charge >= 0.3 is 0 Å². The van der Waals surface area contributed by atoms with Crippen LogP contribution in [0.1, 0.15) is 19.3 Å². The van der Waals surface area contributed by atoms with Crippen LogP contribution in [0.25, 0.3) is 0 Å². The summed E-state index contributed by atoms with van der Waals surface area (Å²) in [5.74, 6) is 1.16. The van der Waals surface area contributed by atoms with Crippen LogP contribution in [0.15, 0.2) is 18.5 Å². The molecule has 4 heterocycles. The number of anilines is 1. The van der Waals surface area contributed by atoms with Gasteiger partial charge in [0.1, 0.15) is 0 Å². The third kappa shape index (κ3) is 3.62. The fraction of sp³-hybridized carbons (Fsp3) is 0.722. The molecule has 25 heavy (non-hydrogen) atoms. The Morgan fingerprint density at radius 1 is 1.12 bits per heavy atom. The highest BCUT2D eigenvalue weighted by atomic mass is 16.2. The summed E-state index contributed by atoms with van der Waals surface area (Å²) in [6.45, 7) is 7.48. The van der Waals surface area contributed by atoms with Gasteiger partial charge in [0, 0.05) is 83.8 Å². The van der Waals surface area contributed by atoms with Crippen LogP contribution in [0, 0.1) is 0 Å². The van der Waals surface area contributed by atoms with Crippen LogP contribution in [0.2, 0.25) is 0 Å². The average Bonchev–Trinajstić information content (AvgIpc) is 2.62. The summed E-state index contributed by atoms with van der Waals surface area (Å²) in [6.07, 6.45) is 6.55. The Morgan fingerprint density at radius 2 is 1.84 bits per heavy atom. The molecular weight excluding hydrogens is 316 g/mol. The number of piperidine rings is 1. The Hall–Kier alpha value is -1.73. The Balaban J connectivity index is 1.21. The quantitative estimate of drug-likeness (QED) is 0.783. The van der Waals surface area contributed by atoms with Crippen LogP contribution in [0.3, 0.4) is 0 Å². The first-order chi connectivity index (χ1) is 12.2. The van der Waals surface area contributed by atoms with Crippen molar-refractivity contribution in [3.8, 4) is 0 Å². The lowest BCUT2D eigenvalue weighted by molar-refractivity contribution is -0.135. The van der Waals surface area contributed by atoms with E-state index in [2.05, 4.69) is 24.7 Å². The van der Waals surface area contributed by atoms with Gasteiger partial charge in [0.2, 0.25) is 11.9 Å². The van der Waals surface area contributed by atoms with Crippen LogP contribution < -0.4 is 4.90 Å². The van der Waals surface area contributed by atoms with Crippen molar-refractivity contribution in [2.45, 2.75) is 31.3 Å². The van der Waals surface area contributed by atoms with Gasteiger partial charge < -0.3 is 9.80 Å². The predicted octanol–water partition coefficient (Wildman–Crippen LogP) is 0.294. The predicted molar refractivity (Wildman–Crippen MR) is 96.5 cm³/mol. The second kappa shape index (κ2) is 7.25. The summed E-state index contributed by atoms with van der Waals surface area (Å²) in [5.41, 5.74) is 0. The van der Waals surface area contributed by atoms with E-state index in [4.69, 9.17) is 0 Å². The van der Waals surface area contributed by atoms with Crippen molar-refractivity contribution in [1.82, 2.24) is 24.7 Å². The molecule has 0 bridgehead atoms. The molecule has 1 aromatic rings. The number of hydrogen-bond donors (Lipinski definition) is 0. The van der Waals surface area contributed by atoms with E-state index >= 15 is 0 Å². The number of carbonyl (C=O) groups excluding carboxylic acids is 1. The minimum absolute atomic E-state index is 0.313. The fourth-order valence-electron chi connectivity index (χ4n) is 4.24. The first-order valence-electron chi connectivity index (χ1n) is 9.45. The highest BCUT2D eigenvalue weighted by Crippen LogP contribution is 2.22. The van der Waals surface area contributed by atoms with Crippen molar-refractivity contribution in [2.24, 2.45) is 0 Å². The maximum absolute atomic E-state index is 11.8. The first kappa shape index (κ1) is 16.7. The number of amides is 1. The molecule has 3 aliphatic rings. The number of aromatic nitrogens is 2. The van der Waals surface area contributed by atoms with Crippen molar-refractivity contribution in [2.75, 3.05) is 57.8 Å². The minimum Gasteiger partial charge on any atom is -0.341 e. The molecule has 0 radical (unpaired) electrons. The summed E-state index contributed by atoms with van der Waals surface area (Å²) in [7, 11) is 1.97. The van der Waals surface area contributed by atoms with Crippen LogP contribution in [-0.4, -0.2) is 95.5 Å². The Morgan fingerprint density at radius 3 is 2.56 bits per heavy atom. The van der Waals surface area contributed by atoms with Crippen molar-refractivity contribution in [3.63, 3.8) is 0 Å². The second-order valence-corrected chi connectivity index (χ2v) is 7.49. The molecule has 1 aromatic heterocycles. The smallest absolute Gasteiger partial charge is 0.225 e. The molecule has 3 fully saturated rings. The van der Waals surface area contributed by atoms with Gasteiger partial charge in [-0.3, -0.25) is 14.6 Å². The number of hydrogen-bond acceptors (Lipinski definition) is 6. The largest absolute Gasteiger partial charge is 0.341 e. The topological polar surface area (TPSA) is 55.8 Å². The van der Waals surface area contributed by atoms with Gasteiger partial charge in [-0.1, -0.05) is 0 Å². The first-order valence-corrected chi connectivity index (χ1v) is 9.45. The van der Waals surface area contributed by atoms with Crippen molar-refractivity contribution < 1.29 is 4.79 Å². The Labute approximate surface area is 149 Å². The number of rotatable bonds is 4. The van der Waals surface area contributed by atoms with E-state index in [9.17, 15) is 4.79 Å². The zero-order valence-corrected chi connectivity index (χ0v) is 15.0. The summed E-state index contributed by atoms with van der Waals surface area (Å²) >= 11 is 0. The van der Waals surface area contributed by atoms with Crippen molar-refractivity contribution >= 4 is 11.9 Å². The fourth-order valence-corrected chi connectivity index (χ4v) is 4.24. The number of piperazine rings is 1. The summed E-state index contributed by atoms with van der Waals surface area (Å²) in [5, 5.41) is 0. The van der Waals surface area contributed by atoms with E-state index in [-0.39, 0.29) is 0 Å². The maximum atomic E-state index is 11.8. The SMILES string of the molecule is CN1C(=O)CCCC1CN1CC(N2CCN(c3ncccn3)CC2)C1. The van der Waals surface area contributed by atoms with Crippen molar-refractivity contribution in [1.29, 1.82) is 0 Å². The Kier molecular flexibility index (Phi) is 4.85. The molecule has 1 amide bonds. The van der Waals surface area contributed by atoms with Gasteiger partial charge in [-0.25, -0.2) is 9.97 Å². The lowest BCUT2D eigenvalue weighted by Gasteiger charge is -2.49. The molecule has 1 unspecified atom stereocenters. The number of likely N-dealkylation sites (N-methyl/N-ethyl adjacent to an activating group) is 1. The highest BCUT2D eigenvalue weighted by Gasteiger charge is 2.36. The van der Waals surface area contributed by atoms with Crippen LogP contribution in [0.5, 0.6) is 0 Å². The van der Waals surface area contributed by atoms with E-state index in [1.165, 1.54) is 0 Å². The number of likely N-dealkylation sites (tertiary alicyclic amines) is 2. The van der Waals surface area contributed by atoms with Crippen LogP contribution >= 0.6 is 0 Å². The van der Waals surface area contributed by atoms with E-state index in [0.717, 1.165) is 71.0 Å². The average molecular weight is 344 g/mol. The highest BCUT2D eigenvalue weighted by molar-refractivity contribution is 5.76. The van der Waals surface area contributed by atoms with E-state index in [1.54, 1.807) is 0 Å². The molecule has 0 spiro atoms. The number of nitrogens with zero attached hydrogens (tertiary/aromatic N) is 6. The number of carbonyl (C=O) groups is 1. The third-order valence-electron chi connectivity index (χ3n) is 5.94. The zero-order chi connectivity index (χ0) is 17.2. The lowest BCUT2D eigenvalue weighted by Crippen LogP contribution is -2.65. The van der Waals surface area contributed by atoms with Gasteiger partial charge in [-0.15, -0.1) is 0 Å². The molecule has 7 heteroatoms. The zero-order valence-electron chi connectivity index (χ0n) is 15.0. The summed E-state index contributed by atoms with van der Waals surface area (Å²) in [4.78, 5) is 29.9. The normalized spacial score (nSPS) is 26.8. The van der Waals surface area contributed by atoms with Gasteiger partial charge in [0.25, 0.3) is 0 Å². The molecule has 0 aliphatic carbocycles. The standard InChI is InChI=1S/C18H28N6O/c1-21-15(4-2-5-17(21)25)12-22-13-16(14-22)23-8-10-24(11-9-23)18-19-6-3-7-20-18/h3,6-7,15-16H,2,4-5,8-14H2,1H3. The van der Waals surface area contributed by atoms with E-state index in [0.29, 0.717) is 18.0 Å². The summed E-state index contributed by atoms with van der Waals surface area (Å²) < 4.78 is 0. The molecule has 3 aliphatic heterocycles. The molecule has 0 aromatic carbocycles. The maximum Gasteiger partial charge on any atom is 0.225 e. The molecule has 136 valence electrons. The lowest BCUT2D eigenvalue weighted by atomic mass is 9.99. The van der Waals surface area contributed by atoms with Crippen LogP contribution in [0.4, 0.5) is 5.95 Å². The minimum atomic E-state index is 0.313. The Bertz CT molecular complexity index is 582. The molecule has 3 saturated heterocycles. The summed E-state index contributed by atoms with van der Waals surface area (Å²) in [6, 6.07) is 2.94.